The van der Waals surface area contributed by atoms with Crippen LogP contribution in [0.3, 0.4) is 0 Å². The fourth-order valence-electron chi connectivity index (χ4n) is 9.30. The van der Waals surface area contributed by atoms with E-state index in [0.717, 1.165) is 141 Å². The lowest BCUT2D eigenvalue weighted by atomic mass is 9.95. The average Bonchev–Trinajstić information content (AvgIpc) is 3.26. The first-order valence-corrected chi connectivity index (χ1v) is 27.8. The molecule has 0 aliphatic heterocycles. The second kappa shape index (κ2) is 29.8. The zero-order valence-electron chi connectivity index (χ0n) is 41.7. The number of unbranched alkanes of at least 4 members (excludes halogenated alkanes) is 9. The third-order valence-electron chi connectivity index (χ3n) is 12.7. The first kappa shape index (κ1) is 52.8. The van der Waals surface area contributed by atoms with Crippen LogP contribution in [0.25, 0.3) is 0 Å². The first-order chi connectivity index (χ1) is 29.8. The molecule has 0 atom stereocenters. The van der Waals surface area contributed by atoms with Crippen molar-refractivity contribution in [1.82, 2.24) is 0 Å². The highest BCUT2D eigenvalue weighted by atomic mass is 32.3. The molecule has 0 aliphatic rings. The lowest BCUT2D eigenvalue weighted by molar-refractivity contribution is -0.133. The van der Waals surface area contributed by atoms with Crippen LogP contribution in [-0.2, 0) is 66.8 Å². The minimum atomic E-state index is -2.58. The Morgan fingerprint density at radius 1 is 0.344 bits per heavy atom. The van der Waals surface area contributed by atoms with Crippen LogP contribution in [-0.4, -0.2) is 5.97 Å². The summed E-state index contributed by atoms with van der Waals surface area (Å²) < 4.78 is 7.97. The molecule has 344 valence electrons. The number of benzene rings is 3. The second-order valence-corrected chi connectivity index (χ2v) is 20.9. The molecule has 0 unspecified atom stereocenters. The van der Waals surface area contributed by atoms with Crippen molar-refractivity contribution in [2.45, 2.75) is 270 Å². The lowest BCUT2D eigenvalue weighted by Crippen LogP contribution is -2.23. The van der Waals surface area contributed by atoms with Gasteiger partial charge in [0.05, 0.1) is 0 Å². The Morgan fingerprint density at radius 3 is 0.754 bits per heavy atom. The van der Waals surface area contributed by atoms with Crippen LogP contribution < -0.4 is 0 Å². The summed E-state index contributed by atoms with van der Waals surface area (Å²) in [5.74, 6) is -0.00803. The number of carbonyl (C=O) groups is 1. The van der Waals surface area contributed by atoms with E-state index >= 15 is 4.79 Å². The van der Waals surface area contributed by atoms with Crippen molar-refractivity contribution in [2.75, 3.05) is 0 Å². The highest BCUT2D eigenvalue weighted by Gasteiger charge is 2.45. The van der Waals surface area contributed by atoms with Gasteiger partial charge in [0.2, 0.25) is 0 Å². The molecular weight excluding hydrogens is 761 g/mol. The Balaban J connectivity index is 2.96. The highest BCUT2D eigenvalue weighted by molar-refractivity contribution is 8.30. The summed E-state index contributed by atoms with van der Waals surface area (Å²) in [6.07, 6.45) is 31.6. The van der Waals surface area contributed by atoms with Crippen LogP contribution in [0.1, 0.15) is 248 Å². The van der Waals surface area contributed by atoms with Crippen LogP contribution in [0.2, 0.25) is 0 Å². The first-order valence-electron chi connectivity index (χ1n) is 26.3. The summed E-state index contributed by atoms with van der Waals surface area (Å²) in [6, 6.07) is 15.7. The predicted octanol–water partition coefficient (Wildman–Crippen LogP) is 18.3. The quantitative estimate of drug-likeness (QED) is 0.0610. The van der Waals surface area contributed by atoms with E-state index in [0.29, 0.717) is 6.42 Å². The van der Waals surface area contributed by atoms with E-state index in [1.165, 1.54) is 103 Å². The Bertz CT molecular complexity index is 1430. The smallest absolute Gasteiger partial charge is 0.317 e. The van der Waals surface area contributed by atoms with Gasteiger partial charge >= 0.3 is 5.97 Å². The van der Waals surface area contributed by atoms with Crippen molar-refractivity contribution in [3.63, 3.8) is 0 Å². The maximum Gasteiger partial charge on any atom is 0.317 e. The number of hydrogen-bond donors (Lipinski definition) is 0. The van der Waals surface area contributed by atoms with Crippen LogP contribution in [0.5, 0.6) is 0 Å². The fraction of sp³-hybridized carbons (Fsp3) is 0.672. The number of aryl methyl sites for hydroxylation is 9. The van der Waals surface area contributed by atoms with E-state index in [2.05, 4.69) is 106 Å². The van der Waals surface area contributed by atoms with Gasteiger partial charge in [-0.05, 0) is 182 Å². The molecule has 2 nitrogen and oxygen atoms in total. The third-order valence-corrected chi connectivity index (χ3v) is 16.4. The molecule has 3 rings (SSSR count). The highest BCUT2D eigenvalue weighted by Crippen LogP contribution is 2.75. The summed E-state index contributed by atoms with van der Waals surface area (Å²) in [5.41, 5.74) is 13.3. The Morgan fingerprint density at radius 2 is 0.557 bits per heavy atom. The molecule has 0 bridgehead atoms. The number of hydrogen-bond acceptors (Lipinski definition) is 2. The predicted molar refractivity (Wildman–Crippen MR) is 270 cm³/mol. The minimum absolute atomic E-state index is 0.00803. The Labute approximate surface area is 380 Å². The molecule has 0 saturated carbocycles. The number of rotatable bonds is 33. The molecule has 0 saturated heterocycles. The molecule has 0 radical (unpaired) electrons. The van der Waals surface area contributed by atoms with Gasteiger partial charge < -0.3 is 4.18 Å². The summed E-state index contributed by atoms with van der Waals surface area (Å²) >= 11 is 0. The van der Waals surface area contributed by atoms with Gasteiger partial charge in [-0.2, -0.15) is 0 Å². The van der Waals surface area contributed by atoms with Crippen molar-refractivity contribution >= 4 is 16.3 Å². The number of carbonyl (C=O) groups excluding carboxylic acids is 1. The SMILES string of the molecule is CCCCc1cc(CCCC)c(S(OC(=O)CCC)(c2c(CCCC)cc(CCCC)cc2CCCC)c2c(CCCC)cc(CCCC)cc2CCCC)c(CCCC)c1. The second-order valence-electron chi connectivity index (χ2n) is 18.4. The zero-order valence-corrected chi connectivity index (χ0v) is 42.5. The monoisotopic (exact) mass is 855 g/mol. The maximum absolute atomic E-state index is 15.2. The van der Waals surface area contributed by atoms with E-state index in [1.807, 2.05) is 0 Å². The third kappa shape index (κ3) is 15.3. The summed E-state index contributed by atoms with van der Waals surface area (Å²) in [4.78, 5) is 19.4. The maximum atomic E-state index is 15.2. The van der Waals surface area contributed by atoms with E-state index in [4.69, 9.17) is 4.18 Å². The van der Waals surface area contributed by atoms with Crippen LogP contribution >= 0.6 is 10.3 Å². The van der Waals surface area contributed by atoms with Crippen LogP contribution in [0, 0.1) is 0 Å². The van der Waals surface area contributed by atoms with E-state index in [1.54, 1.807) is 0 Å². The minimum Gasteiger partial charge on any atom is -0.402 e. The molecular formula is C58H94O2S. The van der Waals surface area contributed by atoms with Crippen molar-refractivity contribution in [2.24, 2.45) is 0 Å². The van der Waals surface area contributed by atoms with Gasteiger partial charge in [0.1, 0.15) is 0 Å². The van der Waals surface area contributed by atoms with Crippen LogP contribution in [0.15, 0.2) is 51.1 Å². The zero-order chi connectivity index (χ0) is 44.5. The molecule has 0 aromatic heterocycles. The van der Waals surface area contributed by atoms with Crippen LogP contribution in [0.4, 0.5) is 0 Å². The summed E-state index contributed by atoms with van der Waals surface area (Å²) in [7, 11) is -2.58. The molecule has 0 fully saturated rings. The molecule has 3 aromatic rings. The molecule has 0 heterocycles. The van der Waals surface area contributed by atoms with Crippen molar-refractivity contribution < 1.29 is 8.98 Å². The summed E-state index contributed by atoms with van der Waals surface area (Å²) in [6.45, 7) is 23.2. The topological polar surface area (TPSA) is 26.3 Å². The van der Waals surface area contributed by atoms with Gasteiger partial charge in [-0.3, -0.25) is 4.79 Å². The average molecular weight is 855 g/mol. The van der Waals surface area contributed by atoms with Gasteiger partial charge in [-0.25, -0.2) is 0 Å². The van der Waals surface area contributed by atoms with Crippen molar-refractivity contribution in [3.05, 3.63) is 86.5 Å². The van der Waals surface area contributed by atoms with E-state index in [-0.39, 0.29) is 5.97 Å². The molecule has 3 heteroatoms. The summed E-state index contributed by atoms with van der Waals surface area (Å²) in [5, 5.41) is 0. The Kier molecular flexibility index (Phi) is 25.8. The normalized spacial score (nSPS) is 12.0. The standard InChI is InChI=1S/C58H94O2S/c1-11-21-31-46-40-49(34-24-14-4)56(50(41-46)35-25-15-5)61(60-55(59)30-20-10,57-51(36-26-16-6)42-47(32-22-12-2)43-52(57)37-27-17-7)58-53(38-28-18-8)44-48(33-23-13-3)45-54(58)39-29-19-9/h40-45H,11-39H2,1-10H3. The van der Waals surface area contributed by atoms with Gasteiger partial charge in [0.15, 0.2) is 0 Å². The molecule has 0 spiro atoms. The van der Waals surface area contributed by atoms with Gasteiger partial charge in [0, 0.05) is 21.1 Å². The van der Waals surface area contributed by atoms with Gasteiger partial charge in [-0.1, -0.05) is 163 Å². The van der Waals surface area contributed by atoms with E-state index < -0.39 is 10.3 Å². The van der Waals surface area contributed by atoms with Gasteiger partial charge in [0.25, 0.3) is 0 Å². The van der Waals surface area contributed by atoms with Crippen molar-refractivity contribution in [3.8, 4) is 0 Å². The molecule has 0 aliphatic carbocycles. The molecule has 0 N–H and O–H groups in total. The molecule has 61 heavy (non-hydrogen) atoms. The molecule has 0 amide bonds. The molecule has 3 aromatic carbocycles. The largest absolute Gasteiger partial charge is 0.402 e. The Hall–Kier alpha value is -2.52. The lowest BCUT2D eigenvalue weighted by Gasteiger charge is -2.47. The fourth-order valence-corrected chi connectivity index (χ4v) is 13.7. The van der Waals surface area contributed by atoms with E-state index in [9.17, 15) is 0 Å². The van der Waals surface area contributed by atoms with Gasteiger partial charge in [-0.15, -0.1) is 0 Å². The van der Waals surface area contributed by atoms with Crippen molar-refractivity contribution in [1.29, 1.82) is 0 Å².